The molecule has 25 heavy (non-hydrogen) atoms. The standard InChI is InChI=1S/C15H24O2.C5H5.2FH.Ti/c1-14(2,3)11-8-10(17-7)9-12(13(11)16)15(4,5)6;1-2-4-5-3-1;;;/h8-9,16H,1-7H3;1-3H,4H2;2*1H;/q;;;;+3/p-3. The summed E-state index contributed by atoms with van der Waals surface area (Å²) in [4.78, 5) is 0. The van der Waals surface area contributed by atoms with Crippen LogP contribution in [0.5, 0.6) is 11.5 Å². The minimum atomic E-state index is -0.593. The third-order valence-electron chi connectivity index (χ3n) is 3.97. The molecular formula is C20H28F2O2Ti. The van der Waals surface area contributed by atoms with Crippen LogP contribution in [0.4, 0.5) is 0 Å². The molecule has 1 aromatic carbocycles. The van der Waals surface area contributed by atoms with Crippen LogP contribution in [0.25, 0.3) is 0 Å². The smallest absolute Gasteiger partial charge is 1.00 e. The van der Waals surface area contributed by atoms with E-state index in [1.807, 2.05) is 0 Å². The van der Waals surface area contributed by atoms with E-state index in [1.54, 1.807) is 7.11 Å². The van der Waals surface area contributed by atoms with E-state index < -0.39 is 19.5 Å². The minimum absolute atomic E-state index is 0. The summed E-state index contributed by atoms with van der Waals surface area (Å²) in [6, 6.07) is 4.27. The maximum Gasteiger partial charge on any atom is -1.00 e. The molecule has 5 heteroatoms. The van der Waals surface area contributed by atoms with E-state index in [1.165, 1.54) is 15.0 Å². The molecule has 0 N–H and O–H groups in total. The molecule has 0 atom stereocenters. The topological polar surface area (TPSA) is 18.5 Å². The van der Waals surface area contributed by atoms with Crippen LogP contribution in [0.15, 0.2) is 34.2 Å². The Morgan fingerprint density at radius 3 is 1.80 bits per heavy atom. The molecule has 2 nitrogen and oxygen atoms in total. The summed E-state index contributed by atoms with van der Waals surface area (Å²) in [5, 5.41) is 0. The van der Waals surface area contributed by atoms with Gasteiger partial charge in [-0.25, -0.2) is 0 Å². The molecule has 0 saturated carbocycles. The first kappa shape index (κ1) is 23.9. The third kappa shape index (κ3) is 5.97. The maximum absolute atomic E-state index is 6.47. The molecule has 0 amide bonds. The van der Waals surface area contributed by atoms with E-state index in [0.717, 1.165) is 17.9 Å². The predicted molar refractivity (Wildman–Crippen MR) is 92.9 cm³/mol. The van der Waals surface area contributed by atoms with Gasteiger partial charge in [-0.1, -0.05) is 0 Å². The van der Waals surface area contributed by atoms with Crippen molar-refractivity contribution >= 4 is 0 Å². The van der Waals surface area contributed by atoms with E-state index >= 15 is 0 Å². The van der Waals surface area contributed by atoms with Crippen LogP contribution >= 0.6 is 0 Å². The fourth-order valence-corrected chi connectivity index (χ4v) is 3.86. The summed E-state index contributed by atoms with van der Waals surface area (Å²) in [7, 11) is 1.73. The van der Waals surface area contributed by atoms with Gasteiger partial charge in [-0.15, -0.1) is 0 Å². The average molecular weight is 386 g/mol. The third-order valence-corrected chi connectivity index (χ3v) is 5.44. The molecule has 0 spiro atoms. The number of benzene rings is 1. The molecule has 1 aromatic rings. The quantitative estimate of drug-likeness (QED) is 0.651. The van der Waals surface area contributed by atoms with Crippen LogP contribution < -0.4 is 17.5 Å². The fraction of sp³-hybridized carbons (Fsp3) is 0.500. The molecule has 0 bridgehead atoms. The molecule has 2 rings (SSSR count). The Labute approximate surface area is 159 Å². The predicted octanol–water partition coefficient (Wildman–Crippen LogP) is -0.482. The van der Waals surface area contributed by atoms with Gasteiger partial charge >= 0.3 is 150 Å². The molecule has 0 fully saturated rings. The number of hydrogen-bond acceptors (Lipinski definition) is 2. The van der Waals surface area contributed by atoms with Gasteiger partial charge in [0.25, 0.3) is 0 Å². The molecule has 0 saturated heterocycles. The number of allylic oxidation sites excluding steroid dienone is 4. The number of rotatable bonds is 4. The summed E-state index contributed by atoms with van der Waals surface area (Å²) in [6.45, 7) is 13.4. The number of halogens is 2. The molecule has 0 aliphatic heterocycles. The van der Waals surface area contributed by atoms with Crippen LogP contribution in [-0.4, -0.2) is 7.11 Å². The Balaban J connectivity index is 0.00000288. The molecule has 0 heterocycles. The van der Waals surface area contributed by atoms with Gasteiger partial charge in [-0.2, -0.15) is 0 Å². The SMILES string of the molecule is COc1cc(C(C)(C)C)c([O][Ti+2][C]2=CC=CC2)c(C(C)(C)C)c1.[F-].[F-]. The van der Waals surface area contributed by atoms with Gasteiger partial charge in [0.05, 0.1) is 0 Å². The Kier molecular flexibility index (Phi) is 8.59. The first-order valence-corrected chi connectivity index (χ1v) is 9.56. The summed E-state index contributed by atoms with van der Waals surface area (Å²) < 4.78 is 13.5. The Bertz CT molecular complexity index is 603. The maximum atomic E-state index is 6.47. The van der Waals surface area contributed by atoms with Crippen molar-refractivity contribution in [3.05, 3.63) is 45.4 Å². The second-order valence-electron chi connectivity index (χ2n) is 8.08. The molecule has 1 aliphatic carbocycles. The fourth-order valence-electron chi connectivity index (χ4n) is 2.58. The Morgan fingerprint density at radius 2 is 1.44 bits per heavy atom. The average Bonchev–Trinajstić information content (AvgIpc) is 2.95. The van der Waals surface area contributed by atoms with Crippen LogP contribution in [-0.2, 0) is 30.4 Å². The van der Waals surface area contributed by atoms with Crippen molar-refractivity contribution in [2.45, 2.75) is 58.8 Å². The summed E-state index contributed by atoms with van der Waals surface area (Å²) in [5.41, 5.74) is 2.49. The summed E-state index contributed by atoms with van der Waals surface area (Å²) >= 11 is -0.593. The summed E-state index contributed by atoms with van der Waals surface area (Å²) in [5.74, 6) is 1.98. The van der Waals surface area contributed by atoms with Crippen molar-refractivity contribution in [3.63, 3.8) is 0 Å². The van der Waals surface area contributed by atoms with E-state index in [0.29, 0.717) is 0 Å². The van der Waals surface area contributed by atoms with Crippen molar-refractivity contribution in [1.82, 2.24) is 0 Å². The van der Waals surface area contributed by atoms with E-state index in [-0.39, 0.29) is 20.2 Å². The zero-order valence-corrected chi connectivity index (χ0v) is 17.7. The first-order chi connectivity index (χ1) is 10.6. The molecular weight excluding hydrogens is 358 g/mol. The van der Waals surface area contributed by atoms with E-state index in [9.17, 15) is 0 Å². The van der Waals surface area contributed by atoms with Gasteiger partial charge in [-0.3, -0.25) is 0 Å². The number of methoxy groups -OCH3 is 1. The second kappa shape index (κ2) is 9.00. The van der Waals surface area contributed by atoms with Crippen LogP contribution in [0.2, 0.25) is 0 Å². The molecule has 0 aromatic heterocycles. The summed E-state index contributed by atoms with van der Waals surface area (Å²) in [6.07, 6.45) is 7.58. The normalized spacial score (nSPS) is 13.3. The van der Waals surface area contributed by atoms with Gasteiger partial charge in [0.15, 0.2) is 0 Å². The molecule has 1 aliphatic rings. The Hall–Kier alpha value is -1.13. The van der Waals surface area contributed by atoms with Crippen molar-refractivity contribution in [2.75, 3.05) is 7.11 Å². The van der Waals surface area contributed by atoms with Gasteiger partial charge < -0.3 is 9.41 Å². The van der Waals surface area contributed by atoms with E-state index in [2.05, 4.69) is 71.9 Å². The van der Waals surface area contributed by atoms with Gasteiger partial charge in [0, 0.05) is 0 Å². The van der Waals surface area contributed by atoms with Crippen LogP contribution in [0.3, 0.4) is 0 Å². The molecule has 0 radical (unpaired) electrons. The van der Waals surface area contributed by atoms with Gasteiger partial charge in [-0.05, 0) is 0 Å². The van der Waals surface area contributed by atoms with Crippen LogP contribution in [0.1, 0.15) is 59.1 Å². The molecule has 138 valence electrons. The number of ether oxygens (including phenoxy) is 1. The van der Waals surface area contributed by atoms with Crippen molar-refractivity contribution in [3.8, 4) is 11.5 Å². The number of hydrogen-bond donors (Lipinski definition) is 0. The zero-order valence-electron chi connectivity index (χ0n) is 16.2. The van der Waals surface area contributed by atoms with Gasteiger partial charge in [0.2, 0.25) is 0 Å². The monoisotopic (exact) mass is 386 g/mol. The van der Waals surface area contributed by atoms with Crippen LogP contribution in [0, 0.1) is 0 Å². The van der Waals surface area contributed by atoms with E-state index in [4.69, 9.17) is 8.06 Å². The zero-order chi connectivity index (χ0) is 17.3. The first-order valence-electron chi connectivity index (χ1n) is 8.14. The van der Waals surface area contributed by atoms with Crippen molar-refractivity contribution < 1.29 is 37.0 Å². The minimum Gasteiger partial charge on any atom is -1.00 e. The van der Waals surface area contributed by atoms with Gasteiger partial charge in [0.1, 0.15) is 0 Å². The largest absolute Gasteiger partial charge is 1.00 e. The van der Waals surface area contributed by atoms with Crippen molar-refractivity contribution in [1.29, 1.82) is 0 Å². The second-order valence-corrected chi connectivity index (χ2v) is 9.72. The Morgan fingerprint density at radius 1 is 0.920 bits per heavy atom. The van der Waals surface area contributed by atoms with Crippen molar-refractivity contribution in [2.24, 2.45) is 0 Å². The molecule has 0 unspecified atom stereocenters.